The molecule has 5 rings (SSSR count). The molecule has 45 heavy (non-hydrogen) atoms. The van der Waals surface area contributed by atoms with Crippen LogP contribution in [0.2, 0.25) is 0 Å². The molecule has 228 valence electrons. The molecule has 2 N–H and O–H groups in total. The molecule has 0 unspecified atom stereocenters. The van der Waals surface area contributed by atoms with Gasteiger partial charge in [0.1, 0.15) is 17.2 Å². The molecule has 0 saturated heterocycles. The van der Waals surface area contributed by atoms with E-state index in [0.29, 0.717) is 58.2 Å². The molecule has 0 saturated carbocycles. The summed E-state index contributed by atoms with van der Waals surface area (Å²) in [6.45, 7) is 0.318. The first kappa shape index (κ1) is 31.1. The fraction of sp³-hybridized carbons (Fsp3) is 0.143. The van der Waals surface area contributed by atoms with Crippen LogP contribution in [0.25, 0.3) is 6.08 Å². The van der Waals surface area contributed by atoms with Crippen LogP contribution in [0.15, 0.2) is 108 Å². The van der Waals surface area contributed by atoms with E-state index >= 15 is 0 Å². The molecule has 1 heterocycles. The topological polar surface area (TPSA) is 114 Å². The van der Waals surface area contributed by atoms with Crippen molar-refractivity contribution in [3.8, 4) is 11.5 Å². The first-order valence-corrected chi connectivity index (χ1v) is 15.2. The fourth-order valence-electron chi connectivity index (χ4n) is 4.77. The van der Waals surface area contributed by atoms with Crippen molar-refractivity contribution in [1.82, 2.24) is 10.2 Å². The van der Waals surface area contributed by atoms with Crippen LogP contribution in [0.3, 0.4) is 0 Å². The van der Waals surface area contributed by atoms with Gasteiger partial charge < -0.3 is 20.1 Å². The SMILES string of the molecule is COc1ccc(OC)c(/C=C(/NC(=O)c2ccccc2)C(=O)Nc2cccc(SCCCN3C(=O)c4ccccc4C3=O)c2)c1. The number of amides is 4. The Morgan fingerprint density at radius 2 is 1.53 bits per heavy atom. The lowest BCUT2D eigenvalue weighted by Crippen LogP contribution is -2.31. The Hall–Kier alpha value is -5.35. The molecule has 4 aromatic carbocycles. The third-order valence-electron chi connectivity index (χ3n) is 7.03. The molecule has 9 nitrogen and oxygen atoms in total. The number of rotatable bonds is 12. The third kappa shape index (κ3) is 7.42. The van der Waals surface area contributed by atoms with Gasteiger partial charge in [0.25, 0.3) is 23.6 Å². The second-order valence-electron chi connectivity index (χ2n) is 9.98. The summed E-state index contributed by atoms with van der Waals surface area (Å²) >= 11 is 1.54. The molecular formula is C35H31N3O6S. The van der Waals surface area contributed by atoms with Gasteiger partial charge in [-0.15, -0.1) is 11.8 Å². The number of carbonyl (C=O) groups is 4. The van der Waals surface area contributed by atoms with Crippen molar-refractivity contribution in [2.45, 2.75) is 11.3 Å². The van der Waals surface area contributed by atoms with Gasteiger partial charge in [-0.25, -0.2) is 0 Å². The van der Waals surface area contributed by atoms with Crippen molar-refractivity contribution in [3.05, 3.63) is 125 Å². The number of nitrogens with zero attached hydrogens (tertiary/aromatic N) is 1. The monoisotopic (exact) mass is 621 g/mol. The van der Waals surface area contributed by atoms with E-state index in [4.69, 9.17) is 9.47 Å². The maximum Gasteiger partial charge on any atom is 0.272 e. The summed E-state index contributed by atoms with van der Waals surface area (Å²) in [5.41, 5.74) is 2.36. The van der Waals surface area contributed by atoms with E-state index in [9.17, 15) is 19.2 Å². The van der Waals surface area contributed by atoms with Gasteiger partial charge in [-0.3, -0.25) is 24.1 Å². The van der Waals surface area contributed by atoms with Gasteiger partial charge in [0.05, 0.1) is 25.3 Å². The Bertz CT molecular complexity index is 1740. The zero-order valence-electron chi connectivity index (χ0n) is 24.7. The number of benzene rings is 4. The quantitative estimate of drug-likeness (QED) is 0.0878. The van der Waals surface area contributed by atoms with Crippen LogP contribution in [0.1, 0.15) is 43.1 Å². The van der Waals surface area contributed by atoms with Crippen molar-refractivity contribution in [2.75, 3.05) is 31.8 Å². The molecule has 4 aromatic rings. The first-order chi connectivity index (χ1) is 21.9. The van der Waals surface area contributed by atoms with Crippen LogP contribution >= 0.6 is 11.8 Å². The number of carbonyl (C=O) groups excluding carboxylic acids is 4. The Labute approximate surface area is 265 Å². The van der Waals surface area contributed by atoms with E-state index in [0.717, 1.165) is 4.90 Å². The van der Waals surface area contributed by atoms with Crippen molar-refractivity contribution < 1.29 is 28.7 Å². The lowest BCUT2D eigenvalue weighted by Gasteiger charge is -2.14. The molecular weight excluding hydrogens is 590 g/mol. The molecule has 0 radical (unpaired) electrons. The van der Waals surface area contributed by atoms with Crippen molar-refractivity contribution in [1.29, 1.82) is 0 Å². The smallest absolute Gasteiger partial charge is 0.272 e. The lowest BCUT2D eigenvalue weighted by atomic mass is 10.1. The summed E-state index contributed by atoms with van der Waals surface area (Å²) in [6, 6.07) is 27.9. The van der Waals surface area contributed by atoms with Gasteiger partial charge in [-0.2, -0.15) is 0 Å². The van der Waals surface area contributed by atoms with Gasteiger partial charge in [0.15, 0.2) is 0 Å². The van der Waals surface area contributed by atoms with E-state index in [-0.39, 0.29) is 17.5 Å². The zero-order chi connectivity index (χ0) is 31.8. The number of methoxy groups -OCH3 is 2. The molecule has 0 fully saturated rings. The summed E-state index contributed by atoms with van der Waals surface area (Å²) in [7, 11) is 3.06. The summed E-state index contributed by atoms with van der Waals surface area (Å²) in [6.07, 6.45) is 2.14. The highest BCUT2D eigenvalue weighted by Gasteiger charge is 2.34. The number of hydrogen-bond acceptors (Lipinski definition) is 7. The van der Waals surface area contributed by atoms with Crippen molar-refractivity contribution in [3.63, 3.8) is 0 Å². The zero-order valence-corrected chi connectivity index (χ0v) is 25.6. The Balaban J connectivity index is 1.27. The molecule has 10 heteroatoms. The van der Waals surface area contributed by atoms with Gasteiger partial charge in [0.2, 0.25) is 0 Å². The van der Waals surface area contributed by atoms with Crippen LogP contribution in [-0.2, 0) is 4.79 Å². The number of thioether (sulfide) groups is 1. The van der Waals surface area contributed by atoms with E-state index in [1.165, 1.54) is 25.2 Å². The minimum atomic E-state index is -0.531. The summed E-state index contributed by atoms with van der Waals surface area (Å²) in [5, 5.41) is 5.61. The predicted octanol–water partition coefficient (Wildman–Crippen LogP) is 5.89. The van der Waals surface area contributed by atoms with Crippen LogP contribution in [0.5, 0.6) is 11.5 Å². The average Bonchev–Trinajstić information content (AvgIpc) is 3.31. The number of fused-ring (bicyclic) bond motifs is 1. The van der Waals surface area contributed by atoms with Crippen LogP contribution in [-0.4, -0.2) is 55.0 Å². The molecule has 1 aliphatic rings. The molecule has 4 amide bonds. The minimum Gasteiger partial charge on any atom is -0.497 e. The number of ether oxygens (including phenoxy) is 2. The van der Waals surface area contributed by atoms with E-state index in [1.54, 1.807) is 90.6 Å². The van der Waals surface area contributed by atoms with E-state index in [2.05, 4.69) is 10.6 Å². The van der Waals surface area contributed by atoms with E-state index < -0.39 is 11.8 Å². The number of anilines is 1. The predicted molar refractivity (Wildman–Crippen MR) is 174 cm³/mol. The number of hydrogen-bond donors (Lipinski definition) is 2. The van der Waals surface area contributed by atoms with Crippen LogP contribution < -0.4 is 20.1 Å². The maximum atomic E-state index is 13.6. The molecule has 0 bridgehead atoms. The van der Waals surface area contributed by atoms with Crippen LogP contribution in [0, 0.1) is 0 Å². The summed E-state index contributed by atoms with van der Waals surface area (Å²) in [5.74, 6) is 0.204. The van der Waals surface area contributed by atoms with Gasteiger partial charge in [0, 0.05) is 28.3 Å². The van der Waals surface area contributed by atoms with Gasteiger partial charge in [-0.05, 0) is 78.9 Å². The summed E-state index contributed by atoms with van der Waals surface area (Å²) in [4.78, 5) is 54.0. The van der Waals surface area contributed by atoms with Gasteiger partial charge >= 0.3 is 0 Å². The molecule has 0 atom stereocenters. The van der Waals surface area contributed by atoms with Crippen molar-refractivity contribution in [2.24, 2.45) is 0 Å². The lowest BCUT2D eigenvalue weighted by molar-refractivity contribution is -0.113. The Kier molecular flexibility index (Phi) is 9.96. The average molecular weight is 622 g/mol. The highest BCUT2D eigenvalue weighted by atomic mass is 32.2. The second-order valence-corrected chi connectivity index (χ2v) is 11.1. The molecule has 0 aromatic heterocycles. The van der Waals surface area contributed by atoms with Crippen LogP contribution in [0.4, 0.5) is 5.69 Å². The Morgan fingerprint density at radius 3 is 2.22 bits per heavy atom. The third-order valence-corrected chi connectivity index (χ3v) is 8.11. The van der Waals surface area contributed by atoms with Gasteiger partial charge in [-0.1, -0.05) is 36.4 Å². The normalized spacial score (nSPS) is 12.5. The molecule has 0 spiro atoms. The highest BCUT2D eigenvalue weighted by Crippen LogP contribution is 2.28. The Morgan fingerprint density at radius 1 is 0.822 bits per heavy atom. The largest absolute Gasteiger partial charge is 0.497 e. The number of imide groups is 1. The first-order valence-electron chi connectivity index (χ1n) is 14.2. The molecule has 1 aliphatic heterocycles. The highest BCUT2D eigenvalue weighted by molar-refractivity contribution is 7.99. The van der Waals surface area contributed by atoms with E-state index in [1.807, 2.05) is 18.2 Å². The minimum absolute atomic E-state index is 0.00871. The standard InChI is InChI=1S/C35H31N3O6S/c1-43-26-16-17-31(44-2)24(20-26)21-30(37-32(39)23-10-4-3-5-11-23)33(40)36-25-12-8-13-27(22-25)45-19-9-18-38-34(41)28-14-6-7-15-29(28)35(38)42/h3-8,10-17,20-22H,9,18-19H2,1-2H3,(H,36,40)(H,37,39)/b30-21+. The number of nitrogens with one attached hydrogen (secondary N) is 2. The van der Waals surface area contributed by atoms with Crippen molar-refractivity contribution >= 4 is 47.2 Å². The maximum absolute atomic E-state index is 13.6. The fourth-order valence-corrected chi connectivity index (χ4v) is 5.66. The second kappa shape index (κ2) is 14.4. The summed E-state index contributed by atoms with van der Waals surface area (Å²) < 4.78 is 10.8. The molecule has 0 aliphatic carbocycles.